The van der Waals surface area contributed by atoms with Crippen LogP contribution in [-0.2, 0) is 6.54 Å². The molecule has 0 aliphatic rings. The lowest BCUT2D eigenvalue weighted by Gasteiger charge is -1.93. The van der Waals surface area contributed by atoms with Crippen molar-refractivity contribution in [2.24, 2.45) is 0 Å². The first-order valence-electron chi connectivity index (χ1n) is 4.54. The second-order valence-corrected chi connectivity index (χ2v) is 3.90. The first-order chi connectivity index (χ1) is 7.31. The average Bonchev–Trinajstić information content (AvgIpc) is 2.83. The third kappa shape index (κ3) is 2.16. The molecule has 0 spiro atoms. The molecular weight excluding hydrogens is 216 g/mol. The predicted molar refractivity (Wildman–Crippen MR) is 55.8 cm³/mol. The summed E-state index contributed by atoms with van der Waals surface area (Å²) in [6.07, 6.45) is 0.496. The Kier molecular flexibility index (Phi) is 2.98. The number of aryl methyl sites for hydroxylation is 1. The summed E-state index contributed by atoms with van der Waals surface area (Å²) in [5.41, 5.74) is 0. The van der Waals surface area contributed by atoms with Crippen LogP contribution in [0.3, 0.4) is 0 Å². The Hall–Kier alpha value is -1.40. The van der Waals surface area contributed by atoms with Gasteiger partial charge in [-0.05, 0) is 17.9 Å². The fourth-order valence-electron chi connectivity index (χ4n) is 1.17. The Labute approximate surface area is 89.6 Å². The first kappa shape index (κ1) is 10.1. The number of hydrogen-bond acceptors (Lipinski definition) is 5. The Bertz CT molecular complexity index is 472. The molecule has 2 heterocycles. The summed E-state index contributed by atoms with van der Waals surface area (Å²) in [4.78, 5) is 12.1. The van der Waals surface area contributed by atoms with Crippen LogP contribution in [0.5, 0.6) is 0 Å². The van der Waals surface area contributed by atoms with Crippen molar-refractivity contribution in [2.75, 3.05) is 6.61 Å². The van der Waals surface area contributed by atoms with Crippen molar-refractivity contribution in [2.45, 2.75) is 13.0 Å². The molecule has 0 bridgehead atoms. The molecule has 5 nitrogen and oxygen atoms in total. The highest BCUT2D eigenvalue weighted by atomic mass is 32.1. The van der Waals surface area contributed by atoms with Crippen molar-refractivity contribution >= 4 is 11.3 Å². The van der Waals surface area contributed by atoms with Crippen LogP contribution in [0.15, 0.2) is 26.7 Å². The van der Waals surface area contributed by atoms with Crippen molar-refractivity contribution in [1.82, 2.24) is 9.78 Å². The predicted octanol–water partition coefficient (Wildman–Crippen LogP) is 0.947. The summed E-state index contributed by atoms with van der Waals surface area (Å²) < 4.78 is 6.21. The fourth-order valence-corrected chi connectivity index (χ4v) is 1.81. The van der Waals surface area contributed by atoms with Crippen LogP contribution >= 0.6 is 11.3 Å². The van der Waals surface area contributed by atoms with Crippen molar-refractivity contribution in [3.8, 4) is 10.8 Å². The van der Waals surface area contributed by atoms with Gasteiger partial charge in [0.15, 0.2) is 0 Å². The van der Waals surface area contributed by atoms with Gasteiger partial charge in [-0.2, -0.15) is 4.68 Å². The van der Waals surface area contributed by atoms with Crippen molar-refractivity contribution in [3.05, 3.63) is 28.1 Å². The largest absolute Gasteiger partial charge is 0.437 e. The van der Waals surface area contributed by atoms with Gasteiger partial charge in [-0.3, -0.25) is 0 Å². The monoisotopic (exact) mass is 226 g/mol. The summed E-state index contributed by atoms with van der Waals surface area (Å²) in [6.45, 7) is 0.415. The summed E-state index contributed by atoms with van der Waals surface area (Å²) in [5.74, 6) is -0.139. The van der Waals surface area contributed by atoms with Crippen molar-refractivity contribution in [3.63, 3.8) is 0 Å². The van der Waals surface area contributed by atoms with Crippen LogP contribution in [0.4, 0.5) is 0 Å². The summed E-state index contributed by atoms with van der Waals surface area (Å²) in [6, 6.07) is 3.71. The molecule has 0 radical (unpaired) electrons. The van der Waals surface area contributed by atoms with Gasteiger partial charge in [-0.25, -0.2) is 4.79 Å². The van der Waals surface area contributed by atoms with Gasteiger partial charge in [0, 0.05) is 6.61 Å². The highest BCUT2D eigenvalue weighted by Gasteiger charge is 2.10. The van der Waals surface area contributed by atoms with Gasteiger partial charge < -0.3 is 9.52 Å². The van der Waals surface area contributed by atoms with Crippen LogP contribution in [0, 0.1) is 0 Å². The highest BCUT2D eigenvalue weighted by Crippen LogP contribution is 2.20. The molecule has 0 saturated heterocycles. The number of aromatic nitrogens is 2. The third-order valence-corrected chi connectivity index (χ3v) is 2.72. The molecule has 0 amide bonds. The normalized spacial score (nSPS) is 10.7. The second-order valence-electron chi connectivity index (χ2n) is 2.95. The van der Waals surface area contributed by atoms with E-state index in [1.54, 1.807) is 0 Å². The lowest BCUT2D eigenvalue weighted by atomic mass is 10.5. The van der Waals surface area contributed by atoms with Gasteiger partial charge in [-0.15, -0.1) is 16.4 Å². The Morgan fingerprint density at radius 3 is 3.13 bits per heavy atom. The van der Waals surface area contributed by atoms with E-state index in [0.29, 0.717) is 18.9 Å². The molecule has 15 heavy (non-hydrogen) atoms. The number of thiophene rings is 1. The zero-order valence-electron chi connectivity index (χ0n) is 7.92. The van der Waals surface area contributed by atoms with E-state index >= 15 is 0 Å². The Morgan fingerprint density at radius 2 is 2.47 bits per heavy atom. The van der Waals surface area contributed by atoms with E-state index in [0.717, 1.165) is 4.88 Å². The number of hydrogen-bond donors (Lipinski definition) is 1. The van der Waals surface area contributed by atoms with E-state index in [-0.39, 0.29) is 6.61 Å². The average molecular weight is 226 g/mol. The standard InChI is InChI=1S/C9H10N2O3S/c12-5-2-4-11-9(13)14-8(10-11)7-3-1-6-15-7/h1,3,6,12H,2,4-5H2. The molecule has 80 valence electrons. The SMILES string of the molecule is O=c1oc(-c2cccs2)nn1CCCO. The minimum atomic E-state index is -0.480. The Balaban J connectivity index is 2.25. The molecular formula is C9H10N2O3S. The van der Waals surface area contributed by atoms with E-state index in [1.165, 1.54) is 16.0 Å². The van der Waals surface area contributed by atoms with E-state index in [1.807, 2.05) is 17.5 Å². The molecule has 0 unspecified atom stereocenters. The van der Waals surface area contributed by atoms with Crippen molar-refractivity contribution < 1.29 is 9.52 Å². The van der Waals surface area contributed by atoms with Gasteiger partial charge >= 0.3 is 5.76 Å². The van der Waals surface area contributed by atoms with Gasteiger partial charge in [0.2, 0.25) is 0 Å². The third-order valence-electron chi connectivity index (χ3n) is 1.87. The summed E-state index contributed by atoms with van der Waals surface area (Å²) in [7, 11) is 0. The fraction of sp³-hybridized carbons (Fsp3) is 0.333. The maximum absolute atomic E-state index is 11.3. The zero-order chi connectivity index (χ0) is 10.7. The maximum Gasteiger partial charge on any atom is 0.437 e. The number of aliphatic hydroxyl groups is 1. The van der Waals surface area contributed by atoms with E-state index in [2.05, 4.69) is 5.10 Å². The summed E-state index contributed by atoms with van der Waals surface area (Å²) >= 11 is 1.46. The van der Waals surface area contributed by atoms with Gasteiger partial charge in [-0.1, -0.05) is 6.07 Å². The maximum atomic E-state index is 11.3. The molecule has 0 aliphatic carbocycles. The number of nitrogens with zero attached hydrogens (tertiary/aromatic N) is 2. The van der Waals surface area contributed by atoms with Crippen molar-refractivity contribution in [1.29, 1.82) is 0 Å². The summed E-state index contributed by atoms with van der Waals surface area (Å²) in [5, 5.41) is 14.6. The van der Waals surface area contributed by atoms with E-state index < -0.39 is 5.76 Å². The minimum Gasteiger partial charge on any atom is -0.396 e. The molecule has 2 rings (SSSR count). The molecule has 0 aromatic carbocycles. The van der Waals surface area contributed by atoms with Gasteiger partial charge in [0.1, 0.15) is 0 Å². The molecule has 6 heteroatoms. The quantitative estimate of drug-likeness (QED) is 0.842. The lowest BCUT2D eigenvalue weighted by Crippen LogP contribution is -2.16. The topological polar surface area (TPSA) is 68.3 Å². The lowest BCUT2D eigenvalue weighted by molar-refractivity contribution is 0.274. The highest BCUT2D eigenvalue weighted by molar-refractivity contribution is 7.13. The number of aliphatic hydroxyl groups excluding tert-OH is 1. The van der Waals surface area contributed by atoms with Crippen LogP contribution in [0.1, 0.15) is 6.42 Å². The van der Waals surface area contributed by atoms with E-state index in [9.17, 15) is 4.79 Å². The van der Waals surface area contributed by atoms with Crippen LogP contribution < -0.4 is 5.76 Å². The first-order valence-corrected chi connectivity index (χ1v) is 5.42. The molecule has 1 N–H and O–H groups in total. The van der Waals surface area contributed by atoms with Crippen LogP contribution in [-0.4, -0.2) is 21.5 Å². The van der Waals surface area contributed by atoms with E-state index in [4.69, 9.17) is 9.52 Å². The van der Waals surface area contributed by atoms with Crippen LogP contribution in [0.2, 0.25) is 0 Å². The molecule has 2 aromatic heterocycles. The smallest absolute Gasteiger partial charge is 0.396 e. The Morgan fingerprint density at radius 1 is 1.60 bits per heavy atom. The molecule has 0 fully saturated rings. The molecule has 0 saturated carbocycles. The molecule has 0 atom stereocenters. The van der Waals surface area contributed by atoms with Crippen LogP contribution in [0.25, 0.3) is 10.8 Å². The van der Waals surface area contributed by atoms with Gasteiger partial charge in [0.25, 0.3) is 5.89 Å². The zero-order valence-corrected chi connectivity index (χ0v) is 8.74. The molecule has 0 aliphatic heterocycles. The minimum absolute atomic E-state index is 0.0354. The number of rotatable bonds is 4. The second kappa shape index (κ2) is 4.41. The molecule has 2 aromatic rings. The van der Waals surface area contributed by atoms with Gasteiger partial charge in [0.05, 0.1) is 11.4 Å².